The Bertz CT molecular complexity index is 186. The normalized spacial score (nSPS) is 10.1. The van der Waals surface area contributed by atoms with Crippen LogP contribution >= 0.6 is 0 Å². The van der Waals surface area contributed by atoms with Crippen LogP contribution in [0.5, 0.6) is 0 Å². The molecule has 0 spiro atoms. The van der Waals surface area contributed by atoms with Gasteiger partial charge in [0.25, 0.3) is 0 Å². The van der Waals surface area contributed by atoms with Gasteiger partial charge in [0, 0.05) is 7.05 Å². The van der Waals surface area contributed by atoms with E-state index in [0.717, 1.165) is 5.06 Å². The third kappa shape index (κ3) is 2.95. The molecule has 4 heteroatoms. The Morgan fingerprint density at radius 1 is 1.45 bits per heavy atom. The number of allylic oxidation sites excluding steroid dienone is 1. The fourth-order valence-electron chi connectivity index (χ4n) is 0.461. The standard InChI is InChI=1S/C7H11NO3/c1-4-5-6(9)7(10)8(2)11-3/h4-5H,1-3H3/b5-4+. The number of likely N-dealkylation sites (N-methyl/N-ethyl adjacent to an activating group) is 1. The maximum Gasteiger partial charge on any atom is 0.317 e. The van der Waals surface area contributed by atoms with Gasteiger partial charge in [0.05, 0.1) is 7.11 Å². The SMILES string of the molecule is C/C=C/C(=O)C(=O)N(C)OC. The van der Waals surface area contributed by atoms with Gasteiger partial charge in [-0.25, -0.2) is 5.06 Å². The zero-order valence-corrected chi connectivity index (χ0v) is 6.83. The summed E-state index contributed by atoms with van der Waals surface area (Å²) in [4.78, 5) is 26.2. The average Bonchev–Trinajstić information content (AvgIpc) is 2.02. The van der Waals surface area contributed by atoms with E-state index in [-0.39, 0.29) is 0 Å². The second-order valence-electron chi connectivity index (χ2n) is 1.85. The maximum absolute atomic E-state index is 10.9. The first-order valence-electron chi connectivity index (χ1n) is 3.12. The van der Waals surface area contributed by atoms with Crippen molar-refractivity contribution in [3.63, 3.8) is 0 Å². The van der Waals surface area contributed by atoms with Crippen LogP contribution < -0.4 is 0 Å². The number of ketones is 1. The number of rotatable bonds is 3. The Morgan fingerprint density at radius 2 is 2.00 bits per heavy atom. The fraction of sp³-hybridized carbons (Fsp3) is 0.429. The number of carbonyl (C=O) groups is 2. The van der Waals surface area contributed by atoms with Crippen LogP contribution in [-0.2, 0) is 14.4 Å². The summed E-state index contributed by atoms with van der Waals surface area (Å²) in [6.45, 7) is 1.66. The van der Waals surface area contributed by atoms with Crippen molar-refractivity contribution in [3.8, 4) is 0 Å². The lowest BCUT2D eigenvalue weighted by atomic mass is 10.3. The molecule has 0 aromatic rings. The molecule has 0 N–H and O–H groups in total. The lowest BCUT2D eigenvalue weighted by Crippen LogP contribution is -2.31. The molecule has 4 nitrogen and oxygen atoms in total. The quantitative estimate of drug-likeness (QED) is 0.333. The Balaban J connectivity index is 4.13. The first kappa shape index (κ1) is 9.84. The second kappa shape index (κ2) is 4.62. The van der Waals surface area contributed by atoms with Gasteiger partial charge in [-0.1, -0.05) is 6.08 Å². The summed E-state index contributed by atoms with van der Waals surface area (Å²) in [6.07, 6.45) is 2.70. The molecule has 0 aliphatic heterocycles. The molecule has 0 atom stereocenters. The van der Waals surface area contributed by atoms with Gasteiger partial charge in [-0.2, -0.15) is 0 Å². The third-order valence-electron chi connectivity index (χ3n) is 1.09. The van der Waals surface area contributed by atoms with Crippen LogP contribution in [0.25, 0.3) is 0 Å². The van der Waals surface area contributed by atoms with Crippen LogP contribution in [0.2, 0.25) is 0 Å². The van der Waals surface area contributed by atoms with Gasteiger partial charge >= 0.3 is 5.91 Å². The lowest BCUT2D eigenvalue weighted by Gasteiger charge is -2.10. The van der Waals surface area contributed by atoms with Crippen LogP contribution in [-0.4, -0.2) is 30.9 Å². The van der Waals surface area contributed by atoms with Gasteiger partial charge in [0.2, 0.25) is 5.78 Å². The van der Waals surface area contributed by atoms with Crippen molar-refractivity contribution in [1.29, 1.82) is 0 Å². The highest BCUT2D eigenvalue weighted by Gasteiger charge is 2.14. The van der Waals surface area contributed by atoms with E-state index in [9.17, 15) is 9.59 Å². The van der Waals surface area contributed by atoms with Crippen molar-refractivity contribution < 1.29 is 14.4 Å². The number of hydroxylamine groups is 2. The lowest BCUT2D eigenvalue weighted by molar-refractivity contribution is -0.171. The Kier molecular flexibility index (Phi) is 4.14. The highest BCUT2D eigenvalue weighted by atomic mass is 16.7. The van der Waals surface area contributed by atoms with Crippen molar-refractivity contribution in [3.05, 3.63) is 12.2 Å². The van der Waals surface area contributed by atoms with Crippen molar-refractivity contribution in [2.45, 2.75) is 6.92 Å². The molecule has 0 aliphatic rings. The molecule has 0 aromatic carbocycles. The molecule has 1 amide bonds. The third-order valence-corrected chi connectivity index (χ3v) is 1.09. The Morgan fingerprint density at radius 3 is 2.36 bits per heavy atom. The summed E-state index contributed by atoms with van der Waals surface area (Å²) in [5.41, 5.74) is 0. The van der Waals surface area contributed by atoms with E-state index in [1.165, 1.54) is 26.3 Å². The molecule has 0 saturated heterocycles. The molecule has 0 rings (SSSR count). The zero-order valence-electron chi connectivity index (χ0n) is 6.83. The van der Waals surface area contributed by atoms with Crippen LogP contribution in [0, 0.1) is 0 Å². The van der Waals surface area contributed by atoms with Gasteiger partial charge in [-0.15, -0.1) is 0 Å². The van der Waals surface area contributed by atoms with E-state index in [1.54, 1.807) is 6.92 Å². The number of amides is 1. The van der Waals surface area contributed by atoms with Gasteiger partial charge in [-0.05, 0) is 13.0 Å². The van der Waals surface area contributed by atoms with Crippen molar-refractivity contribution in [2.24, 2.45) is 0 Å². The van der Waals surface area contributed by atoms with Gasteiger partial charge in [0.15, 0.2) is 0 Å². The highest BCUT2D eigenvalue weighted by Crippen LogP contribution is 1.87. The first-order valence-corrected chi connectivity index (χ1v) is 3.12. The molecular formula is C7H11NO3. The number of hydrogen-bond acceptors (Lipinski definition) is 3. The fourth-order valence-corrected chi connectivity index (χ4v) is 0.461. The number of nitrogens with zero attached hydrogens (tertiary/aromatic N) is 1. The second-order valence-corrected chi connectivity index (χ2v) is 1.85. The molecule has 0 aromatic heterocycles. The van der Waals surface area contributed by atoms with Gasteiger partial charge < -0.3 is 0 Å². The van der Waals surface area contributed by atoms with Crippen LogP contribution in [0.4, 0.5) is 0 Å². The summed E-state index contributed by atoms with van der Waals surface area (Å²) < 4.78 is 0. The van der Waals surface area contributed by atoms with Crippen LogP contribution in [0.15, 0.2) is 12.2 Å². The summed E-state index contributed by atoms with van der Waals surface area (Å²) in [7, 11) is 2.70. The smallest absolute Gasteiger partial charge is 0.284 e. The van der Waals surface area contributed by atoms with E-state index in [2.05, 4.69) is 4.84 Å². The van der Waals surface area contributed by atoms with Crippen LogP contribution in [0.3, 0.4) is 0 Å². The van der Waals surface area contributed by atoms with E-state index in [0.29, 0.717) is 0 Å². The summed E-state index contributed by atoms with van der Waals surface area (Å²) >= 11 is 0. The molecule has 0 aliphatic carbocycles. The summed E-state index contributed by atoms with van der Waals surface area (Å²) in [5, 5.41) is 0.877. The van der Waals surface area contributed by atoms with E-state index >= 15 is 0 Å². The van der Waals surface area contributed by atoms with Crippen LogP contribution in [0.1, 0.15) is 6.92 Å². The maximum atomic E-state index is 10.9. The molecular weight excluding hydrogens is 146 g/mol. The molecule has 0 fully saturated rings. The molecule has 0 unspecified atom stereocenters. The molecule has 0 saturated carbocycles. The van der Waals surface area contributed by atoms with E-state index < -0.39 is 11.7 Å². The molecule has 11 heavy (non-hydrogen) atoms. The van der Waals surface area contributed by atoms with Crippen molar-refractivity contribution >= 4 is 11.7 Å². The van der Waals surface area contributed by atoms with Gasteiger partial charge in [0.1, 0.15) is 0 Å². The van der Waals surface area contributed by atoms with Crippen molar-refractivity contribution in [1.82, 2.24) is 5.06 Å². The molecule has 0 bridgehead atoms. The minimum Gasteiger partial charge on any atom is -0.284 e. The topological polar surface area (TPSA) is 46.6 Å². The zero-order chi connectivity index (χ0) is 8.85. The molecule has 62 valence electrons. The first-order chi connectivity index (χ1) is 5.13. The average molecular weight is 157 g/mol. The molecule has 0 radical (unpaired) electrons. The molecule has 0 heterocycles. The van der Waals surface area contributed by atoms with E-state index in [1.807, 2.05) is 0 Å². The minimum absolute atomic E-state index is 0.586. The summed E-state index contributed by atoms with van der Waals surface area (Å²) in [5.74, 6) is -1.26. The predicted molar refractivity (Wildman–Crippen MR) is 39.6 cm³/mol. The van der Waals surface area contributed by atoms with E-state index in [4.69, 9.17) is 0 Å². The predicted octanol–water partition coefficient (Wildman–Crippen LogP) is 0.151. The summed E-state index contributed by atoms with van der Waals surface area (Å²) in [6, 6.07) is 0. The highest BCUT2D eigenvalue weighted by molar-refractivity contribution is 6.40. The Hall–Kier alpha value is -1.16. The number of hydrogen-bond donors (Lipinski definition) is 0. The minimum atomic E-state index is -0.675. The Labute approximate surface area is 65.4 Å². The van der Waals surface area contributed by atoms with Gasteiger partial charge in [-0.3, -0.25) is 14.4 Å². The number of carbonyl (C=O) groups excluding carboxylic acids is 2. The largest absolute Gasteiger partial charge is 0.317 e. The monoisotopic (exact) mass is 157 g/mol. The van der Waals surface area contributed by atoms with Crippen molar-refractivity contribution in [2.75, 3.05) is 14.2 Å².